The summed E-state index contributed by atoms with van der Waals surface area (Å²) in [5.74, 6) is -0.911. The van der Waals surface area contributed by atoms with Crippen molar-refractivity contribution in [3.05, 3.63) is 57.8 Å². The van der Waals surface area contributed by atoms with Gasteiger partial charge in [0.25, 0.3) is 0 Å². The van der Waals surface area contributed by atoms with Gasteiger partial charge in [-0.1, -0.05) is 29.3 Å². The molecular weight excluding hydrogens is 326 g/mol. The average molecular weight is 333 g/mol. The molecule has 3 nitrogen and oxygen atoms in total. The summed E-state index contributed by atoms with van der Waals surface area (Å²) in [5.41, 5.74) is -0.529. The largest absolute Gasteiger partial charge is 0.298 e. The number of aldehydes is 1. The number of carbonyl (C=O) groups excluding carboxylic acids is 1. The number of hydrogen-bond acceptors (Lipinski definition) is 3. The Labute approximate surface area is 124 Å². The molecule has 0 atom stereocenters. The van der Waals surface area contributed by atoms with Crippen molar-refractivity contribution < 1.29 is 17.6 Å². The molecular formula is C13H7Cl2FO3S. The van der Waals surface area contributed by atoms with Crippen molar-refractivity contribution in [3.63, 3.8) is 0 Å². The van der Waals surface area contributed by atoms with Gasteiger partial charge in [0.2, 0.25) is 9.84 Å². The van der Waals surface area contributed by atoms with Gasteiger partial charge in [0, 0.05) is 5.02 Å². The fourth-order valence-corrected chi connectivity index (χ4v) is 3.88. The molecule has 0 radical (unpaired) electrons. The first kappa shape index (κ1) is 15.0. The van der Waals surface area contributed by atoms with Crippen LogP contribution in [0.4, 0.5) is 4.39 Å². The highest BCUT2D eigenvalue weighted by molar-refractivity contribution is 7.91. The van der Waals surface area contributed by atoms with Crippen LogP contribution in [0.3, 0.4) is 0 Å². The molecule has 0 spiro atoms. The Morgan fingerprint density at radius 1 is 1.05 bits per heavy atom. The van der Waals surface area contributed by atoms with Gasteiger partial charge in [-0.05, 0) is 30.3 Å². The van der Waals surface area contributed by atoms with Crippen LogP contribution in [0.2, 0.25) is 10.0 Å². The van der Waals surface area contributed by atoms with E-state index in [1.807, 2.05) is 0 Å². The number of sulfone groups is 1. The van der Waals surface area contributed by atoms with Crippen LogP contribution < -0.4 is 0 Å². The molecule has 0 aliphatic carbocycles. The lowest BCUT2D eigenvalue weighted by Gasteiger charge is -2.09. The van der Waals surface area contributed by atoms with Gasteiger partial charge in [-0.3, -0.25) is 4.79 Å². The van der Waals surface area contributed by atoms with Gasteiger partial charge >= 0.3 is 0 Å². The molecule has 7 heteroatoms. The van der Waals surface area contributed by atoms with Gasteiger partial charge in [-0.25, -0.2) is 12.8 Å². The Morgan fingerprint density at radius 3 is 2.35 bits per heavy atom. The van der Waals surface area contributed by atoms with Gasteiger partial charge in [-0.2, -0.15) is 0 Å². The lowest BCUT2D eigenvalue weighted by Crippen LogP contribution is -2.07. The molecule has 2 rings (SSSR count). The van der Waals surface area contributed by atoms with Gasteiger partial charge in [0.15, 0.2) is 6.29 Å². The molecule has 0 unspecified atom stereocenters. The Bertz CT molecular complexity index is 788. The molecule has 20 heavy (non-hydrogen) atoms. The van der Waals surface area contributed by atoms with E-state index in [2.05, 4.69) is 0 Å². The minimum Gasteiger partial charge on any atom is -0.298 e. The topological polar surface area (TPSA) is 51.2 Å². The van der Waals surface area contributed by atoms with Crippen LogP contribution >= 0.6 is 23.2 Å². The van der Waals surface area contributed by atoms with E-state index >= 15 is 0 Å². The van der Waals surface area contributed by atoms with Crippen molar-refractivity contribution in [1.82, 2.24) is 0 Å². The fraction of sp³-hybridized carbons (Fsp3) is 0. The monoisotopic (exact) mass is 332 g/mol. The molecule has 0 bridgehead atoms. The van der Waals surface area contributed by atoms with Crippen molar-refractivity contribution >= 4 is 39.3 Å². The highest BCUT2D eigenvalue weighted by Crippen LogP contribution is 2.31. The van der Waals surface area contributed by atoms with E-state index < -0.39 is 26.1 Å². The van der Waals surface area contributed by atoms with Gasteiger partial charge in [-0.15, -0.1) is 0 Å². The highest BCUT2D eigenvalue weighted by atomic mass is 35.5. The summed E-state index contributed by atoms with van der Waals surface area (Å²) in [6, 6.07) is 7.17. The molecule has 0 aliphatic rings. The van der Waals surface area contributed by atoms with Crippen LogP contribution in [-0.4, -0.2) is 14.7 Å². The quantitative estimate of drug-likeness (QED) is 0.803. The summed E-state index contributed by atoms with van der Waals surface area (Å²) in [6.45, 7) is 0. The number of hydrogen-bond donors (Lipinski definition) is 0. The van der Waals surface area contributed by atoms with Crippen molar-refractivity contribution in [3.8, 4) is 0 Å². The third kappa shape index (κ3) is 2.57. The second-order valence-electron chi connectivity index (χ2n) is 3.85. The second-order valence-corrected chi connectivity index (χ2v) is 6.58. The molecule has 0 saturated heterocycles. The van der Waals surface area contributed by atoms with Crippen LogP contribution in [0, 0.1) is 5.82 Å². The van der Waals surface area contributed by atoms with E-state index in [0.717, 1.165) is 12.1 Å². The number of carbonyl (C=O) groups is 1. The third-order valence-electron chi connectivity index (χ3n) is 2.60. The summed E-state index contributed by atoms with van der Waals surface area (Å²) >= 11 is 11.6. The summed E-state index contributed by atoms with van der Waals surface area (Å²) in [4.78, 5) is 10.2. The summed E-state index contributed by atoms with van der Waals surface area (Å²) in [5, 5.41) is 0.169. The molecule has 2 aromatic carbocycles. The molecule has 0 amide bonds. The normalized spacial score (nSPS) is 11.3. The van der Waals surface area contributed by atoms with Gasteiger partial charge < -0.3 is 0 Å². The maximum Gasteiger partial charge on any atom is 0.208 e. The van der Waals surface area contributed by atoms with Gasteiger partial charge in [0.1, 0.15) is 5.82 Å². The first-order valence-electron chi connectivity index (χ1n) is 5.31. The van der Waals surface area contributed by atoms with E-state index in [1.165, 1.54) is 24.3 Å². The first-order chi connectivity index (χ1) is 9.37. The fourth-order valence-electron chi connectivity index (χ4n) is 1.68. The first-order valence-corrected chi connectivity index (χ1v) is 7.55. The summed E-state index contributed by atoms with van der Waals surface area (Å²) in [6.07, 6.45) is 0.159. The van der Waals surface area contributed by atoms with Crippen molar-refractivity contribution in [2.24, 2.45) is 0 Å². The van der Waals surface area contributed by atoms with E-state index in [9.17, 15) is 17.6 Å². The van der Waals surface area contributed by atoms with E-state index in [-0.39, 0.29) is 21.2 Å². The zero-order valence-electron chi connectivity index (χ0n) is 9.81. The van der Waals surface area contributed by atoms with Crippen LogP contribution in [0.15, 0.2) is 46.2 Å². The Kier molecular flexibility index (Phi) is 4.13. The molecule has 0 aliphatic heterocycles. The van der Waals surface area contributed by atoms with E-state index in [0.29, 0.717) is 0 Å². The predicted molar refractivity (Wildman–Crippen MR) is 73.7 cm³/mol. The minimum atomic E-state index is -4.11. The lowest BCUT2D eigenvalue weighted by molar-refractivity contribution is 0.111. The van der Waals surface area contributed by atoms with Crippen molar-refractivity contribution in [2.45, 2.75) is 9.79 Å². The maximum absolute atomic E-state index is 13.5. The maximum atomic E-state index is 13.5. The summed E-state index contributed by atoms with van der Waals surface area (Å²) < 4.78 is 38.4. The van der Waals surface area contributed by atoms with Crippen molar-refractivity contribution in [2.75, 3.05) is 0 Å². The van der Waals surface area contributed by atoms with Gasteiger partial charge in [0.05, 0.1) is 20.4 Å². The van der Waals surface area contributed by atoms with Crippen molar-refractivity contribution in [1.29, 1.82) is 0 Å². The third-order valence-corrected chi connectivity index (χ3v) is 5.13. The van der Waals surface area contributed by atoms with Crippen LogP contribution in [-0.2, 0) is 9.84 Å². The molecule has 0 aromatic heterocycles. The molecule has 0 saturated carbocycles. The van der Waals surface area contributed by atoms with Crippen LogP contribution in [0.1, 0.15) is 10.4 Å². The predicted octanol–water partition coefficient (Wildman–Crippen LogP) is 3.78. The molecule has 0 fully saturated rings. The summed E-state index contributed by atoms with van der Waals surface area (Å²) in [7, 11) is -4.11. The molecule has 2 aromatic rings. The molecule has 0 N–H and O–H groups in total. The number of rotatable bonds is 3. The van der Waals surface area contributed by atoms with Crippen LogP contribution in [0.25, 0.3) is 0 Å². The standard InChI is InChI=1S/C13H7Cl2FO3S/c14-8-4-5-13(10(15)6-8)20(18,19)12-3-1-2-11(16)9(12)7-17/h1-7H. The van der Waals surface area contributed by atoms with E-state index in [4.69, 9.17) is 23.2 Å². The molecule has 0 heterocycles. The Morgan fingerprint density at radius 2 is 1.75 bits per heavy atom. The number of benzene rings is 2. The lowest BCUT2D eigenvalue weighted by atomic mass is 10.2. The SMILES string of the molecule is O=Cc1c(F)cccc1S(=O)(=O)c1ccc(Cl)cc1Cl. The molecule has 104 valence electrons. The Balaban J connectivity index is 2.73. The number of halogens is 3. The smallest absolute Gasteiger partial charge is 0.208 e. The van der Waals surface area contributed by atoms with Crippen LogP contribution in [0.5, 0.6) is 0 Å². The zero-order chi connectivity index (χ0) is 14.9. The zero-order valence-corrected chi connectivity index (χ0v) is 12.1. The Hall–Kier alpha value is -1.43. The second kappa shape index (κ2) is 5.52. The minimum absolute atomic E-state index is 0.0985. The highest BCUT2D eigenvalue weighted by Gasteiger charge is 2.25. The van der Waals surface area contributed by atoms with E-state index in [1.54, 1.807) is 0 Å². The average Bonchev–Trinajstić information content (AvgIpc) is 2.37.